The molecule has 0 amide bonds. The first-order valence-corrected chi connectivity index (χ1v) is 5.67. The zero-order valence-electron chi connectivity index (χ0n) is 9.19. The normalized spacial score (nSPS) is 23.9. The summed E-state index contributed by atoms with van der Waals surface area (Å²) in [7, 11) is 0. The third-order valence-electron chi connectivity index (χ3n) is 2.92. The maximum Gasteiger partial charge on any atom is 0.274 e. The van der Waals surface area contributed by atoms with Crippen LogP contribution in [0.5, 0.6) is 0 Å². The Morgan fingerprint density at radius 1 is 1.59 bits per heavy atom. The Bertz CT molecular complexity index is 444. The van der Waals surface area contributed by atoms with E-state index in [1.54, 1.807) is 12.1 Å². The molecule has 0 saturated carbocycles. The summed E-state index contributed by atoms with van der Waals surface area (Å²) in [5.41, 5.74) is 6.24. The van der Waals surface area contributed by atoms with Gasteiger partial charge in [0.05, 0.1) is 11.5 Å². The van der Waals surface area contributed by atoms with Crippen LogP contribution < -0.4 is 5.73 Å². The molecule has 0 aliphatic carbocycles. The topological polar surface area (TPSA) is 78.4 Å². The van der Waals surface area contributed by atoms with E-state index in [1.807, 2.05) is 0 Å². The fraction of sp³-hybridized carbons (Fsp3) is 0.455. The summed E-state index contributed by atoms with van der Waals surface area (Å²) in [4.78, 5) is 10.5. The molecule has 0 bridgehead atoms. The summed E-state index contributed by atoms with van der Waals surface area (Å²) < 4.78 is 5.24. The Morgan fingerprint density at radius 3 is 2.94 bits per heavy atom. The van der Waals surface area contributed by atoms with Crippen LogP contribution in [0.1, 0.15) is 12.0 Å². The van der Waals surface area contributed by atoms with Crippen molar-refractivity contribution in [2.45, 2.75) is 18.4 Å². The Hall–Kier alpha value is -1.17. The lowest BCUT2D eigenvalue weighted by Crippen LogP contribution is -2.42. The number of benzene rings is 1. The van der Waals surface area contributed by atoms with E-state index in [0.717, 1.165) is 0 Å². The SMILES string of the molecule is NC1(Cc2ccc(Cl)cc2[N+](=O)[O-])CCOC1. The van der Waals surface area contributed by atoms with Crippen LogP contribution in [0.3, 0.4) is 0 Å². The monoisotopic (exact) mass is 256 g/mol. The molecule has 2 rings (SSSR count). The van der Waals surface area contributed by atoms with Gasteiger partial charge in [-0.15, -0.1) is 0 Å². The van der Waals surface area contributed by atoms with Crippen molar-refractivity contribution < 1.29 is 9.66 Å². The van der Waals surface area contributed by atoms with E-state index >= 15 is 0 Å². The number of hydrogen-bond acceptors (Lipinski definition) is 4. The number of nitro benzene ring substituents is 1. The molecule has 1 fully saturated rings. The molecule has 0 radical (unpaired) electrons. The number of rotatable bonds is 3. The first kappa shape index (κ1) is 12.3. The summed E-state index contributed by atoms with van der Waals surface area (Å²) in [6.45, 7) is 1.05. The number of nitro groups is 1. The summed E-state index contributed by atoms with van der Waals surface area (Å²) in [5.74, 6) is 0. The quantitative estimate of drug-likeness (QED) is 0.662. The number of nitrogens with two attached hydrogens (primary N) is 1. The third kappa shape index (κ3) is 2.74. The van der Waals surface area contributed by atoms with Crippen LogP contribution in [0.25, 0.3) is 0 Å². The van der Waals surface area contributed by atoms with Gasteiger partial charge in [-0.2, -0.15) is 0 Å². The molecule has 1 heterocycles. The number of halogens is 1. The van der Waals surface area contributed by atoms with Gasteiger partial charge in [-0.05, 0) is 18.9 Å². The molecule has 1 aliphatic heterocycles. The van der Waals surface area contributed by atoms with Gasteiger partial charge in [0.2, 0.25) is 0 Å². The molecule has 0 spiro atoms. The molecule has 1 aromatic rings. The van der Waals surface area contributed by atoms with Crippen LogP contribution in [-0.2, 0) is 11.2 Å². The zero-order valence-corrected chi connectivity index (χ0v) is 9.94. The van der Waals surface area contributed by atoms with Crippen LogP contribution >= 0.6 is 11.6 Å². The van der Waals surface area contributed by atoms with Crippen molar-refractivity contribution in [1.82, 2.24) is 0 Å². The lowest BCUT2D eigenvalue weighted by atomic mass is 9.90. The van der Waals surface area contributed by atoms with Crippen molar-refractivity contribution in [2.75, 3.05) is 13.2 Å². The standard InChI is InChI=1S/C11H13ClN2O3/c12-9-2-1-8(10(5-9)14(15)16)6-11(13)3-4-17-7-11/h1-2,5H,3-4,6-7,13H2. The van der Waals surface area contributed by atoms with Gasteiger partial charge < -0.3 is 10.5 Å². The number of hydrogen-bond donors (Lipinski definition) is 1. The van der Waals surface area contributed by atoms with Crippen molar-refractivity contribution >= 4 is 17.3 Å². The zero-order chi connectivity index (χ0) is 12.5. The summed E-state index contributed by atoms with van der Waals surface area (Å²) in [6.07, 6.45) is 1.15. The fourth-order valence-corrected chi connectivity index (χ4v) is 2.16. The largest absolute Gasteiger partial charge is 0.379 e. The molecule has 17 heavy (non-hydrogen) atoms. The molecular weight excluding hydrogens is 244 g/mol. The van der Waals surface area contributed by atoms with Crippen molar-refractivity contribution in [1.29, 1.82) is 0 Å². The molecule has 0 aromatic heterocycles. The van der Waals surface area contributed by atoms with Crippen LogP contribution in [0.15, 0.2) is 18.2 Å². The molecular formula is C11H13ClN2O3. The van der Waals surface area contributed by atoms with Crippen molar-refractivity contribution in [2.24, 2.45) is 5.73 Å². The molecule has 1 unspecified atom stereocenters. The van der Waals surface area contributed by atoms with E-state index in [2.05, 4.69) is 0 Å². The van der Waals surface area contributed by atoms with Crippen molar-refractivity contribution in [3.05, 3.63) is 38.9 Å². The average Bonchev–Trinajstić information content (AvgIpc) is 2.67. The van der Waals surface area contributed by atoms with Gasteiger partial charge in [0, 0.05) is 28.8 Å². The molecule has 92 valence electrons. The van der Waals surface area contributed by atoms with Gasteiger partial charge in [0.25, 0.3) is 5.69 Å². The molecule has 6 heteroatoms. The Morgan fingerprint density at radius 2 is 2.35 bits per heavy atom. The first-order valence-electron chi connectivity index (χ1n) is 5.30. The number of ether oxygens (including phenoxy) is 1. The van der Waals surface area contributed by atoms with Crippen molar-refractivity contribution in [3.8, 4) is 0 Å². The lowest BCUT2D eigenvalue weighted by molar-refractivity contribution is -0.385. The van der Waals surface area contributed by atoms with Gasteiger partial charge in [0.1, 0.15) is 0 Å². The second-order valence-corrected chi connectivity index (χ2v) is 4.81. The maximum atomic E-state index is 10.9. The van der Waals surface area contributed by atoms with Gasteiger partial charge in [-0.3, -0.25) is 10.1 Å². The van der Waals surface area contributed by atoms with Gasteiger partial charge in [-0.25, -0.2) is 0 Å². The molecule has 1 atom stereocenters. The van der Waals surface area contributed by atoms with E-state index in [0.29, 0.717) is 36.6 Å². The van der Waals surface area contributed by atoms with Gasteiger partial charge >= 0.3 is 0 Å². The summed E-state index contributed by atoms with van der Waals surface area (Å²) in [5, 5.41) is 11.3. The second kappa shape index (κ2) is 4.60. The Kier molecular flexibility index (Phi) is 3.33. The minimum atomic E-state index is -0.501. The predicted octanol–water partition coefficient (Wildman–Crippen LogP) is 1.91. The van der Waals surface area contributed by atoms with Crippen LogP contribution in [0.2, 0.25) is 5.02 Å². The minimum Gasteiger partial charge on any atom is -0.379 e. The first-order chi connectivity index (χ1) is 8.00. The molecule has 5 nitrogen and oxygen atoms in total. The van der Waals surface area contributed by atoms with Crippen LogP contribution in [0.4, 0.5) is 5.69 Å². The van der Waals surface area contributed by atoms with E-state index in [-0.39, 0.29) is 5.69 Å². The third-order valence-corrected chi connectivity index (χ3v) is 3.16. The number of nitrogens with zero attached hydrogens (tertiary/aromatic N) is 1. The van der Waals surface area contributed by atoms with Crippen LogP contribution in [0, 0.1) is 10.1 Å². The van der Waals surface area contributed by atoms with E-state index < -0.39 is 10.5 Å². The lowest BCUT2D eigenvalue weighted by Gasteiger charge is -2.21. The Labute approximate surface area is 104 Å². The highest BCUT2D eigenvalue weighted by molar-refractivity contribution is 6.30. The van der Waals surface area contributed by atoms with E-state index in [4.69, 9.17) is 22.1 Å². The molecule has 2 N–H and O–H groups in total. The van der Waals surface area contributed by atoms with Crippen molar-refractivity contribution in [3.63, 3.8) is 0 Å². The highest BCUT2D eigenvalue weighted by Crippen LogP contribution is 2.28. The smallest absolute Gasteiger partial charge is 0.274 e. The average molecular weight is 257 g/mol. The Balaban J connectivity index is 2.28. The van der Waals surface area contributed by atoms with E-state index in [1.165, 1.54) is 6.07 Å². The van der Waals surface area contributed by atoms with Gasteiger partial charge in [0.15, 0.2) is 0 Å². The predicted molar refractivity (Wildman–Crippen MR) is 64.2 cm³/mol. The summed E-state index contributed by atoms with van der Waals surface area (Å²) >= 11 is 5.75. The molecule has 1 aromatic carbocycles. The van der Waals surface area contributed by atoms with E-state index in [9.17, 15) is 10.1 Å². The highest BCUT2D eigenvalue weighted by Gasteiger charge is 2.32. The molecule has 1 aliphatic rings. The van der Waals surface area contributed by atoms with Gasteiger partial charge in [-0.1, -0.05) is 17.7 Å². The minimum absolute atomic E-state index is 0.0224. The second-order valence-electron chi connectivity index (χ2n) is 4.37. The fourth-order valence-electron chi connectivity index (χ4n) is 2.00. The maximum absolute atomic E-state index is 10.9. The summed E-state index contributed by atoms with van der Waals surface area (Å²) in [6, 6.07) is 4.66. The van der Waals surface area contributed by atoms with Crippen LogP contribution in [-0.4, -0.2) is 23.7 Å². The highest BCUT2D eigenvalue weighted by atomic mass is 35.5. The molecule has 1 saturated heterocycles.